The van der Waals surface area contributed by atoms with Crippen molar-refractivity contribution in [2.45, 2.75) is 12.2 Å². The number of anilines is 1. The van der Waals surface area contributed by atoms with E-state index in [0.717, 1.165) is 12.1 Å². The predicted octanol–water partition coefficient (Wildman–Crippen LogP) is 2.74. The summed E-state index contributed by atoms with van der Waals surface area (Å²) in [6.45, 7) is 2.23. The lowest BCUT2D eigenvalue weighted by Crippen LogP contribution is -2.35. The smallest absolute Gasteiger partial charge is 0.254 e. The number of hydrogen-bond donors (Lipinski definition) is 2. The van der Waals surface area contributed by atoms with Crippen LogP contribution in [-0.2, 0) is 0 Å². The first-order chi connectivity index (χ1) is 16.9. The van der Waals surface area contributed by atoms with Gasteiger partial charge in [0.15, 0.2) is 11.6 Å². The molecule has 0 bridgehead atoms. The van der Waals surface area contributed by atoms with Crippen molar-refractivity contribution in [3.05, 3.63) is 65.1 Å². The van der Waals surface area contributed by atoms with Gasteiger partial charge in [-0.05, 0) is 12.1 Å². The molecule has 11 heteroatoms. The van der Waals surface area contributed by atoms with Crippen LogP contribution in [0.3, 0.4) is 0 Å². The fourth-order valence-electron chi connectivity index (χ4n) is 5.43. The Bertz CT molecular complexity index is 1310. The van der Waals surface area contributed by atoms with E-state index in [4.69, 9.17) is 0 Å². The molecule has 3 saturated heterocycles. The molecule has 1 aromatic heterocycles. The zero-order chi connectivity index (χ0) is 24.3. The third-order valence-electron chi connectivity index (χ3n) is 7.18. The van der Waals surface area contributed by atoms with E-state index in [0.29, 0.717) is 32.0 Å². The van der Waals surface area contributed by atoms with E-state index >= 15 is 0 Å². The molecule has 35 heavy (non-hydrogen) atoms. The molecule has 1 amide bonds. The van der Waals surface area contributed by atoms with Crippen molar-refractivity contribution in [1.29, 1.82) is 0 Å². The van der Waals surface area contributed by atoms with Gasteiger partial charge >= 0.3 is 0 Å². The average Bonchev–Trinajstić information content (AvgIpc) is 3.54. The van der Waals surface area contributed by atoms with Gasteiger partial charge < -0.3 is 9.80 Å². The largest absolute Gasteiger partial charge is 0.355 e. The van der Waals surface area contributed by atoms with Gasteiger partial charge in [0, 0.05) is 67.8 Å². The van der Waals surface area contributed by atoms with Crippen LogP contribution in [0.2, 0.25) is 0 Å². The quantitative estimate of drug-likeness (QED) is 0.555. The maximum Gasteiger partial charge on any atom is 0.254 e. The van der Waals surface area contributed by atoms with Crippen molar-refractivity contribution in [2.24, 2.45) is 11.8 Å². The Hall–Kier alpha value is -3.31. The molecular weight excluding hydrogens is 464 g/mol. The van der Waals surface area contributed by atoms with Crippen LogP contribution in [-0.4, -0.2) is 59.7 Å². The van der Waals surface area contributed by atoms with Gasteiger partial charge in [-0.25, -0.2) is 28.0 Å². The molecule has 4 atom stereocenters. The predicted molar refractivity (Wildman–Crippen MR) is 120 cm³/mol. The second-order valence-corrected chi connectivity index (χ2v) is 9.34. The van der Waals surface area contributed by atoms with Gasteiger partial charge in [0.25, 0.3) is 5.91 Å². The summed E-state index contributed by atoms with van der Waals surface area (Å²) in [5.41, 5.74) is 6.17. The molecule has 6 rings (SSSR count). The first kappa shape index (κ1) is 22.2. The minimum atomic E-state index is -1.35. The number of hydrogen-bond acceptors (Lipinski definition) is 6. The number of alkyl halides is 1. The van der Waals surface area contributed by atoms with Gasteiger partial charge in [-0.15, -0.1) is 0 Å². The molecule has 4 heterocycles. The van der Waals surface area contributed by atoms with E-state index < -0.39 is 29.7 Å². The van der Waals surface area contributed by atoms with Gasteiger partial charge in [0.1, 0.15) is 17.8 Å². The molecule has 3 aliphatic rings. The maximum absolute atomic E-state index is 14.7. The molecule has 0 radical (unpaired) electrons. The van der Waals surface area contributed by atoms with Crippen molar-refractivity contribution < 1.29 is 22.4 Å². The summed E-state index contributed by atoms with van der Waals surface area (Å²) < 4.78 is 56.1. The van der Waals surface area contributed by atoms with Crippen LogP contribution in [0.4, 0.5) is 23.4 Å². The lowest BCUT2D eigenvalue weighted by Gasteiger charge is -2.24. The molecule has 7 nitrogen and oxygen atoms in total. The number of carbonyl (C=O) groups excluding carboxylic acids is 1. The van der Waals surface area contributed by atoms with Crippen molar-refractivity contribution >= 4 is 22.8 Å². The van der Waals surface area contributed by atoms with E-state index in [1.165, 1.54) is 12.1 Å². The summed E-state index contributed by atoms with van der Waals surface area (Å²) in [7, 11) is 0. The second-order valence-electron chi connectivity index (χ2n) is 9.34. The summed E-state index contributed by atoms with van der Waals surface area (Å²) in [5, 5.41) is 0. The zero-order valence-electron chi connectivity index (χ0n) is 18.5. The monoisotopic (exact) mass is 486 g/mol. The highest BCUT2D eigenvalue weighted by atomic mass is 19.2. The normalized spacial score (nSPS) is 26.1. The second kappa shape index (κ2) is 8.42. The first-order valence-electron chi connectivity index (χ1n) is 11.5. The summed E-state index contributed by atoms with van der Waals surface area (Å²) in [6, 6.07) is 5.37. The molecule has 3 aliphatic heterocycles. The van der Waals surface area contributed by atoms with E-state index in [1.54, 1.807) is 17.2 Å². The van der Waals surface area contributed by atoms with Crippen LogP contribution in [0.15, 0.2) is 36.5 Å². The highest BCUT2D eigenvalue weighted by Gasteiger charge is 2.43. The summed E-state index contributed by atoms with van der Waals surface area (Å²) in [4.78, 5) is 25.7. The Morgan fingerprint density at radius 1 is 0.971 bits per heavy atom. The van der Waals surface area contributed by atoms with Crippen molar-refractivity contribution in [3.8, 4) is 0 Å². The Morgan fingerprint density at radius 2 is 1.69 bits per heavy atom. The number of likely N-dealkylation sites (tertiary alicyclic amines) is 1. The molecule has 182 valence electrons. The summed E-state index contributed by atoms with van der Waals surface area (Å²) in [5.74, 6) is -1.98. The number of rotatable bonds is 3. The van der Waals surface area contributed by atoms with Gasteiger partial charge in [-0.1, -0.05) is 6.07 Å². The topological polar surface area (TPSA) is 73.4 Å². The van der Waals surface area contributed by atoms with Crippen LogP contribution in [0.1, 0.15) is 22.0 Å². The van der Waals surface area contributed by atoms with Gasteiger partial charge in [-0.3, -0.25) is 15.2 Å². The number of halogens is 4. The number of hydrazine groups is 1. The Kier molecular flexibility index (Phi) is 5.33. The van der Waals surface area contributed by atoms with E-state index in [-0.39, 0.29) is 46.4 Å². The Labute approximate surface area is 198 Å². The SMILES string of the molecule is O=C(c1cccc(F)c1C1NNCC1F)N1CC2CN(c3cnc4cc(F)c(F)cc4n3)CC2C1. The van der Waals surface area contributed by atoms with E-state index in [9.17, 15) is 22.4 Å². The molecule has 2 aromatic carbocycles. The molecule has 2 N–H and O–H groups in total. The molecule has 0 aliphatic carbocycles. The van der Waals surface area contributed by atoms with Crippen LogP contribution < -0.4 is 15.8 Å². The molecule has 3 aromatic rings. The number of amides is 1. The lowest BCUT2D eigenvalue weighted by molar-refractivity contribution is 0.0779. The fourth-order valence-corrected chi connectivity index (χ4v) is 5.43. The average molecular weight is 486 g/mol. The minimum Gasteiger partial charge on any atom is -0.355 e. The molecular formula is C24H22F4N6O. The third-order valence-corrected chi connectivity index (χ3v) is 7.18. The minimum absolute atomic E-state index is 0.0373. The maximum atomic E-state index is 14.7. The summed E-state index contributed by atoms with van der Waals surface area (Å²) >= 11 is 0. The van der Waals surface area contributed by atoms with Crippen molar-refractivity contribution in [2.75, 3.05) is 37.6 Å². The molecule has 4 unspecified atom stereocenters. The van der Waals surface area contributed by atoms with Gasteiger partial charge in [-0.2, -0.15) is 0 Å². The van der Waals surface area contributed by atoms with Gasteiger partial charge in [0.2, 0.25) is 0 Å². The highest BCUT2D eigenvalue weighted by molar-refractivity contribution is 5.96. The number of nitrogens with zero attached hydrogens (tertiary/aromatic N) is 4. The van der Waals surface area contributed by atoms with E-state index in [2.05, 4.69) is 20.8 Å². The molecule has 0 saturated carbocycles. The summed E-state index contributed by atoms with van der Waals surface area (Å²) in [6.07, 6.45) is 0.191. The number of aromatic nitrogens is 2. The Morgan fingerprint density at radius 3 is 2.37 bits per heavy atom. The van der Waals surface area contributed by atoms with Crippen LogP contribution >= 0.6 is 0 Å². The number of benzene rings is 2. The third kappa shape index (κ3) is 3.79. The Balaban J connectivity index is 1.18. The first-order valence-corrected chi connectivity index (χ1v) is 11.5. The number of fused-ring (bicyclic) bond motifs is 2. The number of nitrogens with one attached hydrogen (secondary N) is 2. The van der Waals surface area contributed by atoms with Gasteiger partial charge in [0.05, 0.1) is 23.3 Å². The van der Waals surface area contributed by atoms with Crippen LogP contribution in [0.5, 0.6) is 0 Å². The standard InChI is InChI=1S/C24H22F4N6O/c25-15-3-1-2-14(22(15)23-18(28)6-30-32-23)24(35)34-10-12-8-33(9-13(12)11-34)21-7-29-19-4-16(26)17(27)5-20(19)31-21/h1-5,7,12-13,18,23,30,32H,6,8-11H2. The lowest BCUT2D eigenvalue weighted by atomic mass is 9.96. The van der Waals surface area contributed by atoms with Crippen LogP contribution in [0.25, 0.3) is 11.0 Å². The zero-order valence-corrected chi connectivity index (χ0v) is 18.5. The molecule has 3 fully saturated rings. The van der Waals surface area contributed by atoms with Crippen molar-refractivity contribution in [1.82, 2.24) is 25.7 Å². The van der Waals surface area contributed by atoms with Crippen LogP contribution in [0, 0.1) is 29.3 Å². The van der Waals surface area contributed by atoms with E-state index in [1.807, 2.05) is 4.90 Å². The number of carbonyl (C=O) groups is 1. The molecule has 0 spiro atoms. The highest BCUT2D eigenvalue weighted by Crippen LogP contribution is 2.36. The fraction of sp³-hybridized carbons (Fsp3) is 0.375. The van der Waals surface area contributed by atoms with Crippen molar-refractivity contribution in [3.63, 3.8) is 0 Å².